The van der Waals surface area contributed by atoms with Gasteiger partial charge in [0.05, 0.1) is 16.7 Å². The molecular weight excluding hydrogens is 653 g/mol. The molecular formula is C47H28N4S. The smallest absolute Gasteiger partial charge is 0.164 e. The van der Waals surface area contributed by atoms with Gasteiger partial charge in [0.1, 0.15) is 0 Å². The molecule has 52 heavy (non-hydrogen) atoms. The van der Waals surface area contributed by atoms with Crippen molar-refractivity contribution in [3.05, 3.63) is 170 Å². The second kappa shape index (κ2) is 11.5. The van der Waals surface area contributed by atoms with Crippen LogP contribution in [0.2, 0.25) is 0 Å². The van der Waals surface area contributed by atoms with E-state index in [-0.39, 0.29) is 0 Å². The quantitative estimate of drug-likeness (QED) is 0.186. The summed E-state index contributed by atoms with van der Waals surface area (Å²) in [6, 6.07) is 60.3. The second-order valence-electron chi connectivity index (χ2n) is 13.2. The van der Waals surface area contributed by atoms with Gasteiger partial charge in [-0.2, -0.15) is 0 Å². The van der Waals surface area contributed by atoms with Crippen LogP contribution in [0.15, 0.2) is 180 Å². The highest BCUT2D eigenvalue weighted by Gasteiger charge is 2.26. The van der Waals surface area contributed by atoms with Crippen LogP contribution < -0.4 is 0 Å². The van der Waals surface area contributed by atoms with Crippen LogP contribution in [0.3, 0.4) is 0 Å². The third-order valence-corrected chi connectivity index (χ3v) is 11.4. The summed E-state index contributed by atoms with van der Waals surface area (Å²) in [6.45, 7) is 0. The zero-order valence-corrected chi connectivity index (χ0v) is 28.7. The fraction of sp³-hybridized carbons (Fsp3) is 0. The van der Waals surface area contributed by atoms with E-state index in [0.717, 1.165) is 22.1 Å². The van der Waals surface area contributed by atoms with Crippen molar-refractivity contribution in [3.63, 3.8) is 0 Å². The molecule has 0 amide bonds. The van der Waals surface area contributed by atoms with Gasteiger partial charge < -0.3 is 4.57 Å². The lowest BCUT2D eigenvalue weighted by Gasteiger charge is -2.24. The topological polar surface area (TPSA) is 43.6 Å². The fourth-order valence-corrected chi connectivity index (χ4v) is 9.08. The predicted molar refractivity (Wildman–Crippen MR) is 215 cm³/mol. The van der Waals surface area contributed by atoms with Gasteiger partial charge in [-0.25, -0.2) is 15.0 Å². The first kappa shape index (κ1) is 29.2. The monoisotopic (exact) mass is 680 g/mol. The number of aromatic nitrogens is 4. The molecule has 0 bridgehead atoms. The summed E-state index contributed by atoms with van der Waals surface area (Å²) < 4.78 is 2.46. The third kappa shape index (κ3) is 4.46. The molecule has 0 N–H and O–H groups in total. The molecule has 242 valence electrons. The highest BCUT2D eigenvalue weighted by Crippen LogP contribution is 2.52. The summed E-state index contributed by atoms with van der Waals surface area (Å²) in [5.74, 6) is 1.99. The van der Waals surface area contributed by atoms with Crippen molar-refractivity contribution in [1.82, 2.24) is 19.5 Å². The van der Waals surface area contributed by atoms with Crippen LogP contribution >= 0.6 is 11.8 Å². The lowest BCUT2D eigenvalue weighted by atomic mass is 9.94. The molecule has 2 aromatic heterocycles. The minimum absolute atomic E-state index is 0.660. The Morgan fingerprint density at radius 1 is 0.404 bits per heavy atom. The van der Waals surface area contributed by atoms with Crippen LogP contribution in [0.1, 0.15) is 0 Å². The number of hydrogen-bond donors (Lipinski definition) is 0. The average Bonchev–Trinajstić information content (AvgIpc) is 3.53. The van der Waals surface area contributed by atoms with Crippen LogP contribution in [0.25, 0.3) is 94.3 Å². The Morgan fingerprint density at radius 2 is 1.02 bits per heavy atom. The third-order valence-electron chi connectivity index (χ3n) is 10.2. The van der Waals surface area contributed by atoms with E-state index in [4.69, 9.17) is 15.0 Å². The molecule has 0 fully saturated rings. The van der Waals surface area contributed by atoms with E-state index in [1.165, 1.54) is 64.6 Å². The summed E-state index contributed by atoms with van der Waals surface area (Å²) in [5, 5.41) is 7.38. The van der Waals surface area contributed by atoms with Gasteiger partial charge in [0.15, 0.2) is 17.5 Å². The average molecular weight is 681 g/mol. The Morgan fingerprint density at radius 3 is 1.79 bits per heavy atom. The van der Waals surface area contributed by atoms with Gasteiger partial charge in [-0.1, -0.05) is 145 Å². The van der Waals surface area contributed by atoms with Gasteiger partial charge in [-0.3, -0.25) is 0 Å². The largest absolute Gasteiger partial charge is 0.308 e. The maximum absolute atomic E-state index is 5.09. The van der Waals surface area contributed by atoms with E-state index in [1.807, 2.05) is 48.2 Å². The van der Waals surface area contributed by atoms with Gasteiger partial charge in [0.2, 0.25) is 0 Å². The van der Waals surface area contributed by atoms with Crippen molar-refractivity contribution >= 4 is 55.1 Å². The van der Waals surface area contributed by atoms with Gasteiger partial charge in [-0.15, -0.1) is 0 Å². The molecule has 0 spiro atoms. The Balaban J connectivity index is 1.13. The van der Waals surface area contributed by atoms with Gasteiger partial charge >= 0.3 is 0 Å². The minimum Gasteiger partial charge on any atom is -0.308 e. The lowest BCUT2D eigenvalue weighted by molar-refractivity contribution is 1.08. The summed E-state index contributed by atoms with van der Waals surface area (Å²) in [7, 11) is 0. The maximum Gasteiger partial charge on any atom is 0.164 e. The summed E-state index contributed by atoms with van der Waals surface area (Å²) in [4.78, 5) is 17.6. The standard InChI is InChI=1S/C47H28N4S/c1-3-13-29(14-4-1)45-48-46(30-15-5-2-6-16-30)50-47(49-45)37-25-26-42-43-34(20-11-21-35(37)43)36-22-12-24-40(44(36)52-42)51-39-23-10-9-19-33(39)38-27-31-17-7-8-18-32(31)28-41(38)51/h1-28H. The molecule has 0 atom stereocenters. The minimum atomic E-state index is 0.660. The van der Waals surface area contributed by atoms with Crippen molar-refractivity contribution in [2.45, 2.75) is 9.79 Å². The first-order chi connectivity index (χ1) is 25.8. The molecule has 10 aromatic rings. The van der Waals surface area contributed by atoms with E-state index in [9.17, 15) is 0 Å². The van der Waals surface area contributed by atoms with Crippen molar-refractivity contribution in [3.8, 4) is 51.0 Å². The van der Waals surface area contributed by atoms with E-state index < -0.39 is 0 Å². The van der Waals surface area contributed by atoms with E-state index in [2.05, 4.69) is 138 Å². The van der Waals surface area contributed by atoms with Crippen LogP contribution in [-0.4, -0.2) is 19.5 Å². The zero-order valence-electron chi connectivity index (χ0n) is 27.9. The van der Waals surface area contributed by atoms with Gasteiger partial charge in [0, 0.05) is 42.6 Å². The number of nitrogens with zero attached hydrogens (tertiary/aromatic N) is 4. The Kier molecular flexibility index (Phi) is 6.45. The molecule has 3 heterocycles. The molecule has 11 rings (SSSR count). The highest BCUT2D eigenvalue weighted by molar-refractivity contribution is 8.00. The van der Waals surface area contributed by atoms with E-state index in [1.54, 1.807) is 0 Å². The van der Waals surface area contributed by atoms with Crippen molar-refractivity contribution in [2.24, 2.45) is 0 Å². The molecule has 0 saturated carbocycles. The number of para-hydroxylation sites is 1. The second-order valence-corrected chi connectivity index (χ2v) is 14.3. The molecule has 0 radical (unpaired) electrons. The Bertz CT molecular complexity index is 2980. The first-order valence-electron chi connectivity index (χ1n) is 17.5. The number of hydrogen-bond acceptors (Lipinski definition) is 4. The molecule has 0 unspecified atom stereocenters. The summed E-state index contributed by atoms with van der Waals surface area (Å²) in [5.41, 5.74) is 8.97. The van der Waals surface area contributed by atoms with Crippen molar-refractivity contribution in [2.75, 3.05) is 0 Å². The van der Waals surface area contributed by atoms with Crippen LogP contribution in [0, 0.1) is 0 Å². The lowest BCUT2D eigenvalue weighted by Crippen LogP contribution is -2.03. The zero-order chi connectivity index (χ0) is 34.2. The van der Waals surface area contributed by atoms with E-state index in [0.29, 0.717) is 17.5 Å². The first-order valence-corrected chi connectivity index (χ1v) is 18.3. The fourth-order valence-electron chi connectivity index (χ4n) is 7.85. The van der Waals surface area contributed by atoms with Crippen molar-refractivity contribution < 1.29 is 0 Å². The molecule has 0 saturated heterocycles. The molecule has 0 aliphatic carbocycles. The molecule has 5 heteroatoms. The molecule has 8 aromatic carbocycles. The highest BCUT2D eigenvalue weighted by atomic mass is 32.2. The van der Waals surface area contributed by atoms with Gasteiger partial charge in [0.25, 0.3) is 0 Å². The van der Waals surface area contributed by atoms with Crippen LogP contribution in [0.4, 0.5) is 0 Å². The van der Waals surface area contributed by atoms with Crippen LogP contribution in [-0.2, 0) is 0 Å². The predicted octanol–water partition coefficient (Wildman–Crippen LogP) is 12.4. The van der Waals surface area contributed by atoms with Crippen molar-refractivity contribution in [1.29, 1.82) is 0 Å². The maximum atomic E-state index is 5.09. The molecule has 1 aliphatic rings. The Labute approximate surface area is 304 Å². The number of fused-ring (bicyclic) bond motifs is 6. The van der Waals surface area contributed by atoms with Gasteiger partial charge in [-0.05, 0) is 63.7 Å². The number of rotatable bonds is 4. The Hall–Kier alpha value is -6.56. The SMILES string of the molecule is c1ccc(-c2nc(-c3ccccc3)nc(-c3ccc4c5c(cccc35)-c3cccc(-n5c6ccccc6c6cc7ccccc7cc65)c3S4)n2)cc1. The normalized spacial score (nSPS) is 12.2. The summed E-state index contributed by atoms with van der Waals surface area (Å²) >= 11 is 1.85. The number of benzene rings is 8. The van der Waals surface area contributed by atoms with E-state index >= 15 is 0 Å². The summed E-state index contributed by atoms with van der Waals surface area (Å²) in [6.07, 6.45) is 0. The molecule has 4 nitrogen and oxygen atoms in total. The van der Waals surface area contributed by atoms with Crippen LogP contribution in [0.5, 0.6) is 0 Å². The molecule has 1 aliphatic heterocycles.